The van der Waals surface area contributed by atoms with E-state index in [0.29, 0.717) is 0 Å². The van der Waals surface area contributed by atoms with Crippen molar-refractivity contribution in [3.63, 3.8) is 0 Å². The predicted octanol–water partition coefficient (Wildman–Crippen LogP) is 2.60. The lowest BCUT2D eigenvalue weighted by molar-refractivity contribution is 1.22. The first-order valence-electron chi connectivity index (χ1n) is 4.89. The van der Waals surface area contributed by atoms with Crippen LogP contribution in [0, 0.1) is 0 Å². The minimum absolute atomic E-state index is 1.08. The lowest BCUT2D eigenvalue weighted by atomic mass is 10.1. The third-order valence-electron chi connectivity index (χ3n) is 1.90. The topological polar surface area (TPSA) is 38.0 Å². The van der Waals surface area contributed by atoms with Crippen LogP contribution in [-0.4, -0.2) is 5.49 Å². The van der Waals surface area contributed by atoms with Crippen LogP contribution in [0.2, 0.25) is 0 Å². The van der Waals surface area contributed by atoms with Gasteiger partial charge in [-0.2, -0.15) is 0 Å². The van der Waals surface area contributed by atoms with E-state index in [2.05, 4.69) is 41.5 Å². The Morgan fingerprint density at radius 1 is 1.06 bits per heavy atom. The van der Waals surface area contributed by atoms with E-state index in [9.17, 15) is 0 Å². The van der Waals surface area contributed by atoms with E-state index in [1.165, 1.54) is 5.56 Å². The van der Waals surface area contributed by atoms with Crippen LogP contribution >= 0.6 is 12.2 Å². The molecule has 16 heavy (non-hydrogen) atoms. The van der Waals surface area contributed by atoms with Gasteiger partial charge in [-0.05, 0) is 17.7 Å². The van der Waals surface area contributed by atoms with Gasteiger partial charge in [0, 0.05) is 11.9 Å². The Balaban J connectivity index is 0.000000386. The van der Waals surface area contributed by atoms with Crippen molar-refractivity contribution in [3.8, 4) is 0 Å². The van der Waals surface area contributed by atoms with Crippen LogP contribution in [0.4, 0.5) is 0 Å². The summed E-state index contributed by atoms with van der Waals surface area (Å²) in [6.07, 6.45) is 10.0. The predicted molar refractivity (Wildman–Crippen MR) is 73.7 cm³/mol. The Bertz CT molecular complexity index is 405. The monoisotopic (exact) mass is 230 g/mol. The third-order valence-corrected chi connectivity index (χ3v) is 1.90. The number of benzene rings is 1. The van der Waals surface area contributed by atoms with E-state index in [1.807, 2.05) is 42.6 Å². The molecule has 2 nitrogen and oxygen atoms in total. The second-order valence-corrected chi connectivity index (χ2v) is 3.24. The summed E-state index contributed by atoms with van der Waals surface area (Å²) in [6.45, 7) is 0. The molecule has 1 aliphatic rings. The van der Waals surface area contributed by atoms with Crippen LogP contribution < -0.4 is 11.1 Å². The fourth-order valence-electron chi connectivity index (χ4n) is 1.25. The molecule has 3 N–H and O–H groups in total. The van der Waals surface area contributed by atoms with Crippen LogP contribution in [0.1, 0.15) is 5.56 Å². The molecule has 82 valence electrons. The molecule has 0 saturated heterocycles. The Labute approximate surface area is 101 Å². The molecule has 2 rings (SSSR count). The van der Waals surface area contributed by atoms with Gasteiger partial charge in [-0.1, -0.05) is 54.7 Å². The van der Waals surface area contributed by atoms with Gasteiger partial charge in [0.05, 0.1) is 5.49 Å². The van der Waals surface area contributed by atoms with E-state index in [4.69, 9.17) is 0 Å². The Kier molecular flexibility index (Phi) is 5.66. The maximum Gasteiger partial charge on any atom is 0.0588 e. The first kappa shape index (κ1) is 12.2. The molecule has 0 saturated carbocycles. The van der Waals surface area contributed by atoms with Gasteiger partial charge in [0.25, 0.3) is 0 Å². The highest BCUT2D eigenvalue weighted by Gasteiger charge is 1.96. The van der Waals surface area contributed by atoms with Gasteiger partial charge < -0.3 is 11.1 Å². The number of rotatable bonds is 1. The van der Waals surface area contributed by atoms with Gasteiger partial charge in [0.1, 0.15) is 0 Å². The fourth-order valence-corrected chi connectivity index (χ4v) is 1.25. The molecule has 0 amide bonds. The van der Waals surface area contributed by atoms with Gasteiger partial charge in [0.15, 0.2) is 0 Å². The summed E-state index contributed by atoms with van der Waals surface area (Å²) in [5, 5.41) is 3.22. The number of nitrogens with one attached hydrogen (secondary N) is 1. The first-order chi connectivity index (χ1) is 7.88. The van der Waals surface area contributed by atoms with Crippen molar-refractivity contribution in [2.45, 2.75) is 0 Å². The molecule has 3 heteroatoms. The minimum atomic E-state index is 1.08. The van der Waals surface area contributed by atoms with Gasteiger partial charge in [-0.25, -0.2) is 0 Å². The highest BCUT2D eigenvalue weighted by Crippen LogP contribution is 2.11. The molecule has 0 aliphatic carbocycles. The largest absolute Gasteiger partial charge is 0.396 e. The molecule has 0 spiro atoms. The van der Waals surface area contributed by atoms with E-state index < -0.39 is 0 Å². The molecule has 0 bridgehead atoms. The van der Waals surface area contributed by atoms with Crippen molar-refractivity contribution in [2.24, 2.45) is 5.73 Å². The van der Waals surface area contributed by atoms with Crippen LogP contribution in [0.15, 0.2) is 60.8 Å². The molecule has 0 unspecified atom stereocenters. The summed E-state index contributed by atoms with van der Waals surface area (Å²) >= 11 is 4.05. The number of allylic oxidation sites excluding steroid dienone is 4. The molecular weight excluding hydrogens is 216 g/mol. The normalized spacial score (nSPS) is 12.6. The first-order valence-corrected chi connectivity index (χ1v) is 5.36. The summed E-state index contributed by atoms with van der Waals surface area (Å²) in [5.74, 6) is 0. The van der Waals surface area contributed by atoms with Crippen molar-refractivity contribution in [1.82, 2.24) is 5.32 Å². The van der Waals surface area contributed by atoms with Gasteiger partial charge in [-0.3, -0.25) is 0 Å². The van der Waals surface area contributed by atoms with Crippen molar-refractivity contribution in [2.75, 3.05) is 0 Å². The summed E-state index contributed by atoms with van der Waals surface area (Å²) in [4.78, 5) is 0. The average molecular weight is 230 g/mol. The van der Waals surface area contributed by atoms with Crippen LogP contribution in [0.25, 0.3) is 5.70 Å². The molecule has 1 heterocycles. The fraction of sp³-hybridized carbons (Fsp3) is 0. The molecular formula is C13H14N2S. The van der Waals surface area contributed by atoms with E-state index in [-0.39, 0.29) is 0 Å². The SMILES string of the molecule is C1=CC=C(c2ccccc2)NC=C1.NC=S. The maximum absolute atomic E-state index is 4.54. The van der Waals surface area contributed by atoms with Crippen molar-refractivity contribution >= 4 is 23.4 Å². The highest BCUT2D eigenvalue weighted by molar-refractivity contribution is 7.78. The van der Waals surface area contributed by atoms with Crippen LogP contribution in [0.5, 0.6) is 0 Å². The van der Waals surface area contributed by atoms with Gasteiger partial charge in [0.2, 0.25) is 0 Å². The van der Waals surface area contributed by atoms with Crippen molar-refractivity contribution < 1.29 is 0 Å². The molecule has 0 atom stereocenters. The third kappa shape index (κ3) is 4.11. The summed E-state index contributed by atoms with van der Waals surface area (Å²) in [7, 11) is 0. The molecule has 0 radical (unpaired) electrons. The Hall–Kier alpha value is -1.87. The second kappa shape index (κ2) is 7.43. The maximum atomic E-state index is 4.54. The number of hydrogen-bond acceptors (Lipinski definition) is 2. The van der Waals surface area contributed by atoms with Gasteiger partial charge in [-0.15, -0.1) is 0 Å². The zero-order valence-corrected chi connectivity index (χ0v) is 9.65. The lowest BCUT2D eigenvalue weighted by Crippen LogP contribution is -2.02. The quantitative estimate of drug-likeness (QED) is 0.728. The zero-order chi connectivity index (χ0) is 11.6. The van der Waals surface area contributed by atoms with Crippen molar-refractivity contribution in [1.29, 1.82) is 0 Å². The molecule has 0 aromatic heterocycles. The summed E-state index contributed by atoms with van der Waals surface area (Å²) < 4.78 is 0. The van der Waals surface area contributed by atoms with Crippen LogP contribution in [0.3, 0.4) is 0 Å². The number of nitrogens with two attached hydrogens (primary N) is 1. The van der Waals surface area contributed by atoms with Crippen molar-refractivity contribution in [3.05, 3.63) is 66.4 Å². The Morgan fingerprint density at radius 2 is 1.75 bits per heavy atom. The average Bonchev–Trinajstić information content (AvgIpc) is 2.60. The second-order valence-electron chi connectivity index (χ2n) is 2.97. The molecule has 1 aromatic carbocycles. The lowest BCUT2D eigenvalue weighted by Gasteiger charge is -2.04. The zero-order valence-electron chi connectivity index (χ0n) is 8.84. The highest BCUT2D eigenvalue weighted by atomic mass is 32.1. The van der Waals surface area contributed by atoms with Crippen LogP contribution in [-0.2, 0) is 0 Å². The van der Waals surface area contributed by atoms with E-state index in [1.54, 1.807) is 0 Å². The number of hydrogen-bond donors (Lipinski definition) is 2. The molecule has 0 fully saturated rings. The minimum Gasteiger partial charge on any atom is -0.396 e. The van der Waals surface area contributed by atoms with Gasteiger partial charge >= 0.3 is 0 Å². The molecule has 1 aliphatic heterocycles. The summed E-state index contributed by atoms with van der Waals surface area (Å²) in [5.41, 5.74) is 7.96. The smallest absolute Gasteiger partial charge is 0.0588 e. The van der Waals surface area contributed by atoms with E-state index in [0.717, 1.165) is 11.2 Å². The van der Waals surface area contributed by atoms with E-state index >= 15 is 0 Å². The number of thiocarbonyl (C=S) groups is 1. The Morgan fingerprint density at radius 3 is 2.44 bits per heavy atom. The molecule has 1 aromatic rings. The summed E-state index contributed by atoms with van der Waals surface area (Å²) in [6, 6.07) is 10.3. The standard InChI is InChI=1S/C12H11N.CH3NS/c1-3-7-11(8-4-1)12-9-5-2-6-10-13-12;2-1-3/h1-10,13H;1H,(H2,2,3).